The topological polar surface area (TPSA) is 29.5 Å². The third-order valence-electron chi connectivity index (χ3n) is 6.98. The summed E-state index contributed by atoms with van der Waals surface area (Å²) in [4.78, 5) is 0. The van der Waals surface area contributed by atoms with Crippen molar-refractivity contribution in [3.63, 3.8) is 0 Å². The minimum absolute atomic E-state index is 0. The molecule has 4 heteroatoms. The number of benzene rings is 1. The lowest BCUT2D eigenvalue weighted by molar-refractivity contribution is -0.922. The van der Waals surface area contributed by atoms with Crippen molar-refractivity contribution in [2.45, 2.75) is 143 Å². The van der Waals surface area contributed by atoms with Gasteiger partial charge in [-0.3, -0.25) is 0 Å². The summed E-state index contributed by atoms with van der Waals surface area (Å²) >= 11 is 0. The molecule has 1 aromatic rings. The minimum atomic E-state index is -0.0949. The van der Waals surface area contributed by atoms with Gasteiger partial charge in [-0.25, -0.2) is 0 Å². The van der Waals surface area contributed by atoms with Crippen LogP contribution in [0.25, 0.3) is 0 Å². The van der Waals surface area contributed by atoms with Crippen LogP contribution in [0.1, 0.15) is 142 Å². The first kappa shape index (κ1) is 35.2. The van der Waals surface area contributed by atoms with E-state index in [9.17, 15) is 5.11 Å². The number of halogens is 1. The standard InChI is InChI=1S/C32H59NO2.ClH/c1-10-11-12-13-14-15-16-17-18-19-20-21-22-35-26-33(8,9)25-27-23-28(31(2,3)4)30(34)29(24-27)32(5,6)7;/h23-24H,10-22,25-26H2,1-9H3;1H. The van der Waals surface area contributed by atoms with Gasteiger partial charge in [-0.05, 0) is 29.4 Å². The molecule has 0 atom stereocenters. The van der Waals surface area contributed by atoms with E-state index in [1.54, 1.807) is 0 Å². The number of ether oxygens (including phenoxy) is 1. The number of hydrogen-bond acceptors (Lipinski definition) is 2. The molecule has 1 rings (SSSR count). The Bertz CT molecular complexity index is 681. The summed E-state index contributed by atoms with van der Waals surface area (Å²) in [7, 11) is 4.48. The second kappa shape index (κ2) is 16.9. The van der Waals surface area contributed by atoms with Crippen LogP contribution in [-0.2, 0) is 22.1 Å². The van der Waals surface area contributed by atoms with Gasteiger partial charge in [0.25, 0.3) is 0 Å². The van der Waals surface area contributed by atoms with Crippen molar-refractivity contribution >= 4 is 0 Å². The molecule has 36 heavy (non-hydrogen) atoms. The third kappa shape index (κ3) is 14.2. The number of aromatic hydroxyl groups is 1. The molecule has 212 valence electrons. The molecule has 0 saturated heterocycles. The Labute approximate surface area is 231 Å². The van der Waals surface area contributed by atoms with Crippen LogP contribution >= 0.6 is 0 Å². The zero-order valence-electron chi connectivity index (χ0n) is 25.4. The Morgan fingerprint density at radius 1 is 0.694 bits per heavy atom. The zero-order valence-corrected chi connectivity index (χ0v) is 26.2. The van der Waals surface area contributed by atoms with Crippen LogP contribution in [0.15, 0.2) is 12.1 Å². The van der Waals surface area contributed by atoms with Gasteiger partial charge in [0.1, 0.15) is 12.3 Å². The Morgan fingerprint density at radius 2 is 1.08 bits per heavy atom. The van der Waals surface area contributed by atoms with E-state index in [-0.39, 0.29) is 23.2 Å². The van der Waals surface area contributed by atoms with Gasteiger partial charge in [0.2, 0.25) is 0 Å². The summed E-state index contributed by atoms with van der Waals surface area (Å²) in [5.41, 5.74) is 3.16. The number of unbranched alkanes of at least 4 members (excludes halogenated alkanes) is 11. The first-order valence-electron chi connectivity index (χ1n) is 14.5. The molecule has 0 aromatic heterocycles. The summed E-state index contributed by atoms with van der Waals surface area (Å²) in [5, 5.41) is 11.0. The van der Waals surface area contributed by atoms with Crippen molar-refractivity contribution in [1.29, 1.82) is 0 Å². The monoisotopic (exact) mass is 525 g/mol. The Balaban J connectivity index is 0.0000122. The number of nitrogens with zero attached hydrogens (tertiary/aromatic N) is 1. The van der Waals surface area contributed by atoms with Crippen LogP contribution in [0.4, 0.5) is 0 Å². The second-order valence-corrected chi connectivity index (χ2v) is 13.6. The minimum Gasteiger partial charge on any atom is -1.00 e. The van der Waals surface area contributed by atoms with E-state index in [0.717, 1.165) is 28.8 Å². The van der Waals surface area contributed by atoms with Gasteiger partial charge >= 0.3 is 0 Å². The number of phenolic OH excluding ortho intramolecular Hbond substituents is 1. The van der Waals surface area contributed by atoms with Gasteiger partial charge in [0, 0.05) is 16.7 Å². The smallest absolute Gasteiger partial charge is 0.182 e. The van der Waals surface area contributed by atoms with Crippen molar-refractivity contribution in [1.82, 2.24) is 0 Å². The van der Waals surface area contributed by atoms with Crippen LogP contribution in [0.2, 0.25) is 0 Å². The molecule has 0 aliphatic carbocycles. The fourth-order valence-electron chi connectivity index (χ4n) is 4.83. The van der Waals surface area contributed by atoms with Gasteiger partial charge in [-0.2, -0.15) is 0 Å². The van der Waals surface area contributed by atoms with Crippen LogP contribution in [-0.4, -0.2) is 37.0 Å². The lowest BCUT2D eigenvalue weighted by atomic mass is 9.78. The van der Waals surface area contributed by atoms with Crippen LogP contribution < -0.4 is 12.4 Å². The summed E-state index contributed by atoms with van der Waals surface area (Å²) in [6, 6.07) is 4.41. The molecule has 0 bridgehead atoms. The molecule has 0 fully saturated rings. The van der Waals surface area contributed by atoms with Gasteiger partial charge in [0.05, 0.1) is 20.7 Å². The van der Waals surface area contributed by atoms with Crippen molar-refractivity contribution in [3.8, 4) is 5.75 Å². The Kier molecular flexibility index (Phi) is 16.6. The van der Waals surface area contributed by atoms with Crippen LogP contribution in [0.5, 0.6) is 5.75 Å². The molecule has 3 nitrogen and oxygen atoms in total. The molecular formula is C32H60ClNO2. The maximum absolute atomic E-state index is 11.0. The predicted molar refractivity (Wildman–Crippen MR) is 153 cm³/mol. The van der Waals surface area contributed by atoms with Crippen LogP contribution in [0.3, 0.4) is 0 Å². The van der Waals surface area contributed by atoms with Gasteiger partial charge < -0.3 is 26.7 Å². The fourth-order valence-corrected chi connectivity index (χ4v) is 4.83. The fraction of sp³-hybridized carbons (Fsp3) is 0.812. The van der Waals surface area contributed by atoms with Crippen molar-refractivity contribution in [2.24, 2.45) is 0 Å². The lowest BCUT2D eigenvalue weighted by Crippen LogP contribution is -3.00. The molecule has 1 N–H and O–H groups in total. The molecule has 0 saturated carbocycles. The number of phenols is 1. The maximum atomic E-state index is 11.0. The lowest BCUT2D eigenvalue weighted by Gasteiger charge is -2.32. The molecule has 0 spiro atoms. The number of hydrogen-bond donors (Lipinski definition) is 1. The van der Waals surface area contributed by atoms with E-state index in [1.807, 2.05) is 0 Å². The molecule has 0 radical (unpaired) electrons. The quantitative estimate of drug-likeness (QED) is 0.148. The van der Waals surface area contributed by atoms with Crippen LogP contribution in [0, 0.1) is 0 Å². The molecule has 0 aliphatic rings. The first-order valence-corrected chi connectivity index (χ1v) is 14.5. The molecule has 0 aliphatic heterocycles. The normalized spacial score (nSPS) is 12.6. The molecule has 1 aromatic carbocycles. The third-order valence-corrected chi connectivity index (χ3v) is 6.98. The second-order valence-electron chi connectivity index (χ2n) is 13.6. The number of quaternary nitrogens is 1. The number of rotatable bonds is 17. The highest BCUT2D eigenvalue weighted by atomic mass is 35.5. The van der Waals surface area contributed by atoms with E-state index < -0.39 is 0 Å². The van der Waals surface area contributed by atoms with Gasteiger partial charge in [-0.15, -0.1) is 0 Å². The largest absolute Gasteiger partial charge is 1.00 e. The highest BCUT2D eigenvalue weighted by molar-refractivity contribution is 5.49. The molecular weight excluding hydrogens is 466 g/mol. The van der Waals surface area contributed by atoms with Crippen molar-refractivity contribution in [2.75, 3.05) is 27.4 Å². The summed E-state index contributed by atoms with van der Waals surface area (Å²) in [6.45, 7) is 17.8. The van der Waals surface area contributed by atoms with Gasteiger partial charge in [-0.1, -0.05) is 119 Å². The van der Waals surface area contributed by atoms with E-state index in [1.165, 1.54) is 82.6 Å². The SMILES string of the molecule is CCCCCCCCCCCCCCOC[N+](C)(C)Cc1cc(C(C)(C)C)c(O)c(C(C)(C)C)c1.[Cl-]. The summed E-state index contributed by atoms with van der Waals surface area (Å²) in [5.74, 6) is 0.460. The van der Waals surface area contributed by atoms with Crippen molar-refractivity contribution in [3.05, 3.63) is 28.8 Å². The highest BCUT2D eigenvalue weighted by Crippen LogP contribution is 2.40. The average molecular weight is 526 g/mol. The summed E-state index contributed by atoms with van der Waals surface area (Å²) in [6.07, 6.45) is 16.5. The Morgan fingerprint density at radius 3 is 1.47 bits per heavy atom. The predicted octanol–water partition coefficient (Wildman–Crippen LogP) is 6.24. The molecule has 0 amide bonds. The van der Waals surface area contributed by atoms with E-state index in [4.69, 9.17) is 4.74 Å². The molecule has 0 heterocycles. The van der Waals surface area contributed by atoms with E-state index in [2.05, 4.69) is 74.7 Å². The first-order chi connectivity index (χ1) is 16.3. The zero-order chi connectivity index (χ0) is 26.5. The maximum Gasteiger partial charge on any atom is 0.182 e. The Hall–Kier alpha value is -0.770. The highest BCUT2D eigenvalue weighted by Gasteiger charge is 2.28. The van der Waals surface area contributed by atoms with E-state index >= 15 is 0 Å². The van der Waals surface area contributed by atoms with E-state index in [0.29, 0.717) is 12.5 Å². The average Bonchev–Trinajstić information content (AvgIpc) is 2.73. The molecule has 0 unspecified atom stereocenters. The van der Waals surface area contributed by atoms with Gasteiger partial charge in [0.15, 0.2) is 6.73 Å². The summed E-state index contributed by atoms with van der Waals surface area (Å²) < 4.78 is 6.89. The van der Waals surface area contributed by atoms with Crippen molar-refractivity contribution < 1.29 is 26.7 Å².